The molecule has 352 valence electrons. The monoisotopic (exact) mass is 844 g/mol. The first-order valence-corrected chi connectivity index (χ1v) is 26.2. The van der Waals surface area contributed by atoms with Gasteiger partial charge in [-0.1, -0.05) is 218 Å². The van der Waals surface area contributed by atoms with Crippen LogP contribution >= 0.6 is 0 Å². The SMILES string of the molecule is CCCCC/C=C/C=C/CCCCCCC(CC(=O)NC(CO)C(O)CCCCCCCCCCCCCCC)OC(=O)CCCCCCCCC/C=C\CCCCCC. The van der Waals surface area contributed by atoms with Crippen molar-refractivity contribution in [3.05, 3.63) is 36.5 Å². The van der Waals surface area contributed by atoms with Gasteiger partial charge in [0.2, 0.25) is 5.91 Å². The molecule has 0 aromatic heterocycles. The minimum Gasteiger partial charge on any atom is -0.462 e. The van der Waals surface area contributed by atoms with Crippen LogP contribution in [0.25, 0.3) is 0 Å². The van der Waals surface area contributed by atoms with E-state index in [-0.39, 0.29) is 24.9 Å². The lowest BCUT2D eigenvalue weighted by atomic mass is 10.0. The Kier molecular flexibility index (Phi) is 46.6. The van der Waals surface area contributed by atoms with Gasteiger partial charge in [-0.3, -0.25) is 9.59 Å². The topological polar surface area (TPSA) is 95.9 Å². The van der Waals surface area contributed by atoms with Crippen LogP contribution < -0.4 is 5.32 Å². The molecule has 0 rings (SSSR count). The van der Waals surface area contributed by atoms with Gasteiger partial charge in [-0.15, -0.1) is 0 Å². The highest BCUT2D eigenvalue weighted by molar-refractivity contribution is 5.77. The third kappa shape index (κ3) is 42.8. The molecule has 0 aliphatic rings. The zero-order valence-electron chi connectivity index (χ0n) is 40.1. The Morgan fingerprint density at radius 2 is 0.850 bits per heavy atom. The summed E-state index contributed by atoms with van der Waals surface area (Å²) in [4.78, 5) is 26.1. The summed E-state index contributed by atoms with van der Waals surface area (Å²) in [5.74, 6) is -0.491. The molecule has 0 aliphatic carbocycles. The molecule has 0 spiro atoms. The van der Waals surface area contributed by atoms with Gasteiger partial charge in [0.15, 0.2) is 0 Å². The fraction of sp³-hybridized carbons (Fsp3) is 0.852. The average Bonchev–Trinajstić information content (AvgIpc) is 3.24. The van der Waals surface area contributed by atoms with Gasteiger partial charge >= 0.3 is 5.97 Å². The Morgan fingerprint density at radius 1 is 0.483 bits per heavy atom. The van der Waals surface area contributed by atoms with Crippen LogP contribution in [0.4, 0.5) is 0 Å². The van der Waals surface area contributed by atoms with E-state index < -0.39 is 18.2 Å². The van der Waals surface area contributed by atoms with Crippen molar-refractivity contribution >= 4 is 11.9 Å². The summed E-state index contributed by atoms with van der Waals surface area (Å²) in [6.45, 7) is 6.44. The van der Waals surface area contributed by atoms with Crippen LogP contribution in [0.2, 0.25) is 0 Å². The van der Waals surface area contributed by atoms with Crippen LogP contribution in [0.15, 0.2) is 36.5 Å². The second-order valence-corrected chi connectivity index (χ2v) is 17.9. The summed E-state index contributed by atoms with van der Waals surface area (Å²) >= 11 is 0. The van der Waals surface area contributed by atoms with Crippen molar-refractivity contribution in [2.24, 2.45) is 0 Å². The Labute approximate surface area is 373 Å². The molecule has 0 saturated heterocycles. The predicted octanol–water partition coefficient (Wildman–Crippen LogP) is 15.7. The molecule has 3 unspecified atom stereocenters. The van der Waals surface area contributed by atoms with E-state index >= 15 is 0 Å². The lowest BCUT2D eigenvalue weighted by Crippen LogP contribution is -2.46. The third-order valence-corrected chi connectivity index (χ3v) is 12.0. The molecule has 3 atom stereocenters. The van der Waals surface area contributed by atoms with Crippen molar-refractivity contribution in [1.82, 2.24) is 5.32 Å². The van der Waals surface area contributed by atoms with Crippen LogP contribution in [0.3, 0.4) is 0 Å². The molecule has 1 amide bonds. The smallest absolute Gasteiger partial charge is 0.306 e. The van der Waals surface area contributed by atoms with Gasteiger partial charge in [0.05, 0.1) is 25.2 Å². The zero-order chi connectivity index (χ0) is 43.8. The van der Waals surface area contributed by atoms with Gasteiger partial charge in [0.25, 0.3) is 0 Å². The summed E-state index contributed by atoms with van der Waals surface area (Å²) in [7, 11) is 0. The Hall–Kier alpha value is -1.92. The first-order valence-electron chi connectivity index (χ1n) is 26.2. The minimum atomic E-state index is -0.791. The fourth-order valence-electron chi connectivity index (χ4n) is 7.95. The quantitative estimate of drug-likeness (QED) is 0.0245. The number of amides is 1. The highest BCUT2D eigenvalue weighted by Crippen LogP contribution is 2.18. The first kappa shape index (κ1) is 58.1. The number of hydrogen-bond donors (Lipinski definition) is 3. The second-order valence-electron chi connectivity index (χ2n) is 17.9. The highest BCUT2D eigenvalue weighted by Gasteiger charge is 2.24. The number of carbonyl (C=O) groups excluding carboxylic acids is 2. The van der Waals surface area contributed by atoms with Crippen LogP contribution in [-0.4, -0.2) is 46.9 Å². The van der Waals surface area contributed by atoms with Crippen molar-refractivity contribution in [2.45, 2.75) is 289 Å². The number of unbranched alkanes of at least 4 members (excludes halogenated alkanes) is 30. The number of ether oxygens (including phenoxy) is 1. The summed E-state index contributed by atoms with van der Waals surface area (Å²) in [6.07, 6.45) is 56.3. The van der Waals surface area contributed by atoms with Crippen molar-refractivity contribution in [3.8, 4) is 0 Å². The molecular weight excluding hydrogens is 743 g/mol. The molecule has 0 heterocycles. The molecule has 0 aromatic rings. The van der Waals surface area contributed by atoms with Crippen LogP contribution in [0.5, 0.6) is 0 Å². The van der Waals surface area contributed by atoms with Gasteiger partial charge in [-0.2, -0.15) is 0 Å². The molecule has 0 fully saturated rings. The fourth-order valence-corrected chi connectivity index (χ4v) is 7.95. The summed E-state index contributed by atoms with van der Waals surface area (Å²) in [5, 5.41) is 23.8. The van der Waals surface area contributed by atoms with E-state index in [1.807, 2.05) is 0 Å². The number of carbonyl (C=O) groups is 2. The third-order valence-electron chi connectivity index (χ3n) is 12.0. The normalized spacial score (nSPS) is 13.5. The Bertz CT molecular complexity index is 993. The van der Waals surface area contributed by atoms with Crippen molar-refractivity contribution < 1.29 is 24.5 Å². The molecule has 6 nitrogen and oxygen atoms in total. The average molecular weight is 844 g/mol. The molecule has 6 heteroatoms. The van der Waals surface area contributed by atoms with Gasteiger partial charge in [-0.25, -0.2) is 0 Å². The van der Waals surface area contributed by atoms with Crippen LogP contribution in [0.1, 0.15) is 271 Å². The number of hydrogen-bond acceptors (Lipinski definition) is 5. The van der Waals surface area contributed by atoms with Gasteiger partial charge in [0.1, 0.15) is 6.10 Å². The lowest BCUT2D eigenvalue weighted by molar-refractivity contribution is -0.151. The van der Waals surface area contributed by atoms with Crippen molar-refractivity contribution in [2.75, 3.05) is 6.61 Å². The van der Waals surface area contributed by atoms with Crippen molar-refractivity contribution in [1.29, 1.82) is 0 Å². The first-order chi connectivity index (χ1) is 29.5. The largest absolute Gasteiger partial charge is 0.462 e. The molecule has 0 radical (unpaired) electrons. The molecule has 0 bridgehead atoms. The van der Waals surface area contributed by atoms with Crippen molar-refractivity contribution in [3.63, 3.8) is 0 Å². The van der Waals surface area contributed by atoms with Gasteiger partial charge in [-0.05, 0) is 77.0 Å². The zero-order valence-corrected chi connectivity index (χ0v) is 40.1. The summed E-state index contributed by atoms with van der Waals surface area (Å²) < 4.78 is 5.93. The standard InChI is InChI=1S/C54H101NO5/c1-4-7-10-13-16-19-22-25-26-29-32-35-38-41-44-47-54(59)60-50(45-42-39-36-33-30-27-23-20-17-14-11-8-5-2)48-53(58)55-51(49-56)52(57)46-43-40-37-34-31-28-24-21-18-15-12-9-6-3/h17,19-20,22-23,27,50-52,56-57H,4-16,18,21,24-26,28-49H2,1-3H3,(H,55,58)/b20-17+,22-19-,27-23+. The molecule has 0 aliphatic heterocycles. The maximum Gasteiger partial charge on any atom is 0.306 e. The number of esters is 1. The summed E-state index contributed by atoms with van der Waals surface area (Å²) in [6, 6.07) is -0.706. The maximum atomic E-state index is 13.2. The predicted molar refractivity (Wildman–Crippen MR) is 259 cm³/mol. The van der Waals surface area contributed by atoms with Crippen LogP contribution in [-0.2, 0) is 14.3 Å². The highest BCUT2D eigenvalue weighted by atomic mass is 16.5. The minimum absolute atomic E-state index is 0.0646. The number of rotatable bonds is 47. The van der Waals surface area contributed by atoms with E-state index in [0.717, 1.165) is 77.0 Å². The second kappa shape index (κ2) is 48.1. The molecule has 3 N–H and O–H groups in total. The lowest BCUT2D eigenvalue weighted by Gasteiger charge is -2.24. The van der Waals surface area contributed by atoms with Crippen LogP contribution in [0, 0.1) is 0 Å². The molecule has 0 aromatic carbocycles. The van der Waals surface area contributed by atoms with Gasteiger partial charge in [0, 0.05) is 6.42 Å². The van der Waals surface area contributed by atoms with E-state index in [4.69, 9.17) is 4.74 Å². The number of aliphatic hydroxyl groups is 2. The molecule has 0 saturated carbocycles. The Morgan fingerprint density at radius 3 is 1.33 bits per heavy atom. The van der Waals surface area contributed by atoms with E-state index in [1.165, 1.54) is 148 Å². The summed E-state index contributed by atoms with van der Waals surface area (Å²) in [5.41, 5.74) is 0. The molecule has 60 heavy (non-hydrogen) atoms. The van der Waals surface area contributed by atoms with E-state index in [0.29, 0.717) is 19.3 Å². The number of aliphatic hydroxyl groups excluding tert-OH is 2. The van der Waals surface area contributed by atoms with Gasteiger partial charge < -0.3 is 20.3 Å². The maximum absolute atomic E-state index is 13.2. The van der Waals surface area contributed by atoms with E-state index in [2.05, 4.69) is 62.5 Å². The van der Waals surface area contributed by atoms with E-state index in [1.54, 1.807) is 0 Å². The molecular formula is C54H101NO5. The number of nitrogens with one attached hydrogen (secondary N) is 1. The number of allylic oxidation sites excluding steroid dienone is 6. The van der Waals surface area contributed by atoms with E-state index in [9.17, 15) is 19.8 Å². The Balaban J connectivity index is 4.58.